The maximum atomic E-state index is 12.1. The quantitative estimate of drug-likeness (QED) is 0.734. The lowest BCUT2D eigenvalue weighted by Crippen LogP contribution is -2.37. The summed E-state index contributed by atoms with van der Waals surface area (Å²) in [6.45, 7) is 3.98. The van der Waals surface area contributed by atoms with Crippen molar-refractivity contribution >= 4 is 11.6 Å². The van der Waals surface area contributed by atoms with Crippen LogP contribution in [0.25, 0.3) is 0 Å². The van der Waals surface area contributed by atoms with Gasteiger partial charge in [-0.25, -0.2) is 0 Å². The lowest BCUT2D eigenvalue weighted by Gasteiger charge is -2.30. The van der Waals surface area contributed by atoms with Crippen LogP contribution in [0, 0.1) is 5.92 Å². The molecule has 16 heavy (non-hydrogen) atoms. The molecular weight excluding hydrogens is 200 g/mol. The number of nitrogen functional groups attached to an aromatic ring is 1. The van der Waals surface area contributed by atoms with Gasteiger partial charge in [0, 0.05) is 24.3 Å². The van der Waals surface area contributed by atoms with Crippen molar-refractivity contribution < 1.29 is 4.79 Å². The highest BCUT2D eigenvalue weighted by Gasteiger charge is 2.21. The smallest absolute Gasteiger partial charge is 0.253 e. The Bertz CT molecular complexity index is 381. The molecule has 0 aliphatic carbocycles. The Kier molecular flexibility index (Phi) is 3.13. The molecule has 1 aromatic rings. The van der Waals surface area contributed by atoms with Crippen molar-refractivity contribution in [1.82, 2.24) is 4.90 Å². The van der Waals surface area contributed by atoms with Gasteiger partial charge >= 0.3 is 0 Å². The van der Waals surface area contributed by atoms with E-state index in [0.29, 0.717) is 11.3 Å². The van der Waals surface area contributed by atoms with Crippen LogP contribution in [0.4, 0.5) is 5.69 Å². The molecule has 0 aromatic heterocycles. The minimum atomic E-state index is 0.110. The second kappa shape index (κ2) is 4.56. The number of hydrogen-bond acceptors (Lipinski definition) is 2. The molecule has 86 valence electrons. The fourth-order valence-electron chi connectivity index (χ4n) is 2.07. The molecular formula is C13H18N2O. The van der Waals surface area contributed by atoms with Crippen LogP contribution in [0.5, 0.6) is 0 Å². The van der Waals surface area contributed by atoms with Gasteiger partial charge in [0.2, 0.25) is 0 Å². The molecule has 0 spiro atoms. The summed E-state index contributed by atoms with van der Waals surface area (Å²) in [6, 6.07) is 7.21. The van der Waals surface area contributed by atoms with Gasteiger partial charge in [-0.1, -0.05) is 13.0 Å². The van der Waals surface area contributed by atoms with Crippen molar-refractivity contribution in [2.45, 2.75) is 19.8 Å². The molecule has 0 unspecified atom stereocenters. The van der Waals surface area contributed by atoms with E-state index in [1.165, 1.54) is 0 Å². The molecule has 1 aliphatic heterocycles. The van der Waals surface area contributed by atoms with E-state index in [0.717, 1.165) is 31.8 Å². The summed E-state index contributed by atoms with van der Waals surface area (Å²) < 4.78 is 0. The zero-order valence-corrected chi connectivity index (χ0v) is 9.65. The Morgan fingerprint density at radius 2 is 2.06 bits per heavy atom. The van der Waals surface area contributed by atoms with Gasteiger partial charge in [0.25, 0.3) is 5.91 Å². The summed E-state index contributed by atoms with van der Waals surface area (Å²) in [7, 11) is 0. The number of amides is 1. The first-order valence-electron chi connectivity index (χ1n) is 5.81. The number of anilines is 1. The molecule has 1 fully saturated rings. The number of rotatable bonds is 1. The van der Waals surface area contributed by atoms with Crippen LogP contribution in [-0.4, -0.2) is 23.9 Å². The van der Waals surface area contributed by atoms with E-state index in [-0.39, 0.29) is 5.91 Å². The minimum Gasteiger partial charge on any atom is -0.399 e. The highest BCUT2D eigenvalue weighted by Crippen LogP contribution is 2.18. The van der Waals surface area contributed by atoms with Crippen molar-refractivity contribution in [2.75, 3.05) is 18.8 Å². The Hall–Kier alpha value is -1.51. The number of hydrogen-bond donors (Lipinski definition) is 1. The van der Waals surface area contributed by atoms with Crippen molar-refractivity contribution in [2.24, 2.45) is 5.92 Å². The highest BCUT2D eigenvalue weighted by atomic mass is 16.2. The number of likely N-dealkylation sites (tertiary alicyclic amines) is 1. The molecule has 1 amide bonds. The minimum absolute atomic E-state index is 0.110. The van der Waals surface area contributed by atoms with Crippen molar-refractivity contribution in [3.8, 4) is 0 Å². The molecule has 1 aliphatic rings. The first-order valence-corrected chi connectivity index (χ1v) is 5.81. The Labute approximate surface area is 96.2 Å². The fraction of sp³-hybridized carbons (Fsp3) is 0.462. The summed E-state index contributed by atoms with van der Waals surface area (Å²) in [5.41, 5.74) is 7.03. The van der Waals surface area contributed by atoms with Crippen LogP contribution in [0.15, 0.2) is 24.3 Å². The van der Waals surface area contributed by atoms with Crippen LogP contribution < -0.4 is 5.73 Å². The molecule has 1 heterocycles. The zero-order valence-electron chi connectivity index (χ0n) is 9.65. The molecule has 2 rings (SSSR count). The lowest BCUT2D eigenvalue weighted by molar-refractivity contribution is 0.0697. The average molecular weight is 218 g/mol. The van der Waals surface area contributed by atoms with Gasteiger partial charge in [0.15, 0.2) is 0 Å². The summed E-state index contributed by atoms with van der Waals surface area (Å²) in [6.07, 6.45) is 2.21. The average Bonchev–Trinajstić information content (AvgIpc) is 2.29. The topological polar surface area (TPSA) is 46.3 Å². The molecule has 1 saturated heterocycles. The second-order valence-electron chi connectivity index (χ2n) is 4.60. The predicted molar refractivity (Wildman–Crippen MR) is 65.2 cm³/mol. The third-order valence-electron chi connectivity index (χ3n) is 3.20. The Balaban J connectivity index is 2.08. The third kappa shape index (κ3) is 2.35. The number of nitrogens with two attached hydrogens (primary N) is 1. The van der Waals surface area contributed by atoms with Crippen molar-refractivity contribution in [3.05, 3.63) is 29.8 Å². The van der Waals surface area contributed by atoms with Gasteiger partial charge in [0.05, 0.1) is 0 Å². The van der Waals surface area contributed by atoms with Gasteiger partial charge < -0.3 is 10.6 Å². The molecule has 0 radical (unpaired) electrons. The zero-order chi connectivity index (χ0) is 11.5. The van der Waals surface area contributed by atoms with E-state index >= 15 is 0 Å². The van der Waals surface area contributed by atoms with Gasteiger partial charge in [0.1, 0.15) is 0 Å². The SMILES string of the molecule is CC1CCN(C(=O)c2cccc(N)c2)CC1. The maximum absolute atomic E-state index is 12.1. The fourth-order valence-corrected chi connectivity index (χ4v) is 2.07. The summed E-state index contributed by atoms with van der Waals surface area (Å²) in [5, 5.41) is 0. The van der Waals surface area contributed by atoms with E-state index < -0.39 is 0 Å². The van der Waals surface area contributed by atoms with Gasteiger partial charge in [-0.3, -0.25) is 4.79 Å². The number of benzene rings is 1. The molecule has 0 saturated carbocycles. The van der Waals surface area contributed by atoms with Crippen LogP contribution >= 0.6 is 0 Å². The van der Waals surface area contributed by atoms with E-state index in [1.54, 1.807) is 12.1 Å². The summed E-state index contributed by atoms with van der Waals surface area (Å²) in [4.78, 5) is 14.1. The highest BCUT2D eigenvalue weighted by molar-refractivity contribution is 5.95. The summed E-state index contributed by atoms with van der Waals surface area (Å²) in [5.74, 6) is 0.851. The molecule has 1 aromatic carbocycles. The van der Waals surface area contributed by atoms with E-state index in [9.17, 15) is 4.79 Å². The van der Waals surface area contributed by atoms with Crippen LogP contribution in [0.3, 0.4) is 0 Å². The van der Waals surface area contributed by atoms with E-state index in [2.05, 4.69) is 6.92 Å². The van der Waals surface area contributed by atoms with Crippen LogP contribution in [-0.2, 0) is 0 Å². The molecule has 2 N–H and O–H groups in total. The normalized spacial score (nSPS) is 17.4. The standard InChI is InChI=1S/C13H18N2O/c1-10-5-7-15(8-6-10)13(16)11-3-2-4-12(14)9-11/h2-4,9-10H,5-8,14H2,1H3. The monoisotopic (exact) mass is 218 g/mol. The third-order valence-corrected chi connectivity index (χ3v) is 3.20. The Morgan fingerprint density at radius 1 is 1.38 bits per heavy atom. The molecule has 0 atom stereocenters. The van der Waals surface area contributed by atoms with E-state index in [1.807, 2.05) is 17.0 Å². The van der Waals surface area contributed by atoms with Gasteiger partial charge in [-0.05, 0) is 37.0 Å². The molecule has 3 nitrogen and oxygen atoms in total. The number of carbonyl (C=O) groups excluding carboxylic acids is 1. The van der Waals surface area contributed by atoms with E-state index in [4.69, 9.17) is 5.73 Å². The van der Waals surface area contributed by atoms with Crippen LogP contribution in [0.2, 0.25) is 0 Å². The van der Waals surface area contributed by atoms with Gasteiger partial charge in [-0.15, -0.1) is 0 Å². The maximum Gasteiger partial charge on any atom is 0.253 e. The molecule has 3 heteroatoms. The van der Waals surface area contributed by atoms with Crippen LogP contribution in [0.1, 0.15) is 30.1 Å². The molecule has 0 bridgehead atoms. The number of piperidine rings is 1. The first-order chi connectivity index (χ1) is 7.66. The Morgan fingerprint density at radius 3 is 2.69 bits per heavy atom. The summed E-state index contributed by atoms with van der Waals surface area (Å²) >= 11 is 0. The predicted octanol–water partition coefficient (Wildman–Crippen LogP) is 2.14. The van der Waals surface area contributed by atoms with Crippen molar-refractivity contribution in [3.63, 3.8) is 0 Å². The second-order valence-corrected chi connectivity index (χ2v) is 4.60. The number of nitrogens with zero attached hydrogens (tertiary/aromatic N) is 1. The lowest BCUT2D eigenvalue weighted by atomic mass is 9.98. The first kappa shape index (κ1) is 11.0. The van der Waals surface area contributed by atoms with Crippen molar-refractivity contribution in [1.29, 1.82) is 0 Å². The largest absolute Gasteiger partial charge is 0.399 e. The number of carbonyl (C=O) groups is 1. The van der Waals surface area contributed by atoms with Gasteiger partial charge in [-0.2, -0.15) is 0 Å².